The van der Waals surface area contributed by atoms with E-state index in [0.717, 1.165) is 0 Å². The van der Waals surface area contributed by atoms with Crippen LogP contribution in [0.4, 0.5) is 0 Å². The van der Waals surface area contributed by atoms with Crippen molar-refractivity contribution in [1.82, 2.24) is 0 Å². The highest BCUT2D eigenvalue weighted by molar-refractivity contribution is 6.00. The molecular weight excluding hydrogens is 166 g/mol. The normalized spacial score (nSPS) is 12.5. The number of Topliss-reactive ketones (excluding diaryl/α,β-unsaturated/α-hetero) is 1. The van der Waals surface area contributed by atoms with Gasteiger partial charge in [-0.15, -0.1) is 0 Å². The predicted octanol–water partition coefficient (Wildman–Crippen LogP) is 1.31. The third-order valence-corrected chi connectivity index (χ3v) is 1.91. The minimum Gasteiger partial charge on any atom is -0.508 e. The first kappa shape index (κ1) is 9.74. The van der Waals surface area contributed by atoms with Crippen molar-refractivity contribution in [2.75, 3.05) is 0 Å². The lowest BCUT2D eigenvalue weighted by Gasteiger charge is -2.07. The topological polar surface area (TPSA) is 63.3 Å². The molecule has 1 aromatic rings. The average molecular weight is 179 g/mol. The molecular formula is C10H13NO2. The molecule has 0 spiro atoms. The SMILES string of the molecule is CCC(N)C(=O)c1cccc(O)c1. The zero-order chi connectivity index (χ0) is 9.84. The lowest BCUT2D eigenvalue weighted by atomic mass is 10.0. The highest BCUT2D eigenvalue weighted by Crippen LogP contribution is 2.12. The molecule has 0 heterocycles. The number of phenolic OH excluding ortho intramolecular Hbond substituents is 1. The Morgan fingerprint density at radius 1 is 1.62 bits per heavy atom. The van der Waals surface area contributed by atoms with E-state index in [-0.39, 0.29) is 11.5 Å². The van der Waals surface area contributed by atoms with Gasteiger partial charge in [0.15, 0.2) is 5.78 Å². The van der Waals surface area contributed by atoms with Gasteiger partial charge in [-0.1, -0.05) is 19.1 Å². The summed E-state index contributed by atoms with van der Waals surface area (Å²) in [4.78, 5) is 11.5. The molecule has 0 radical (unpaired) electrons. The molecule has 1 aromatic carbocycles. The van der Waals surface area contributed by atoms with Gasteiger partial charge >= 0.3 is 0 Å². The maximum atomic E-state index is 11.5. The van der Waals surface area contributed by atoms with Gasteiger partial charge in [0.05, 0.1) is 6.04 Å². The number of carbonyl (C=O) groups is 1. The first-order valence-electron chi connectivity index (χ1n) is 4.24. The number of nitrogens with two attached hydrogens (primary N) is 1. The minimum absolute atomic E-state index is 0.0918. The molecule has 1 unspecified atom stereocenters. The molecule has 0 saturated heterocycles. The van der Waals surface area contributed by atoms with E-state index in [2.05, 4.69) is 0 Å². The first-order chi connectivity index (χ1) is 6.15. The van der Waals surface area contributed by atoms with E-state index in [1.54, 1.807) is 12.1 Å². The maximum Gasteiger partial charge on any atom is 0.179 e. The fraction of sp³-hybridized carbons (Fsp3) is 0.300. The molecule has 13 heavy (non-hydrogen) atoms. The van der Waals surface area contributed by atoms with Gasteiger partial charge in [-0.25, -0.2) is 0 Å². The fourth-order valence-electron chi connectivity index (χ4n) is 1.06. The Balaban J connectivity index is 2.89. The zero-order valence-electron chi connectivity index (χ0n) is 7.53. The summed E-state index contributed by atoms with van der Waals surface area (Å²) in [5, 5.41) is 9.12. The van der Waals surface area contributed by atoms with Gasteiger partial charge in [-0.2, -0.15) is 0 Å². The van der Waals surface area contributed by atoms with Crippen molar-refractivity contribution in [3.05, 3.63) is 29.8 Å². The van der Waals surface area contributed by atoms with E-state index in [4.69, 9.17) is 10.8 Å². The molecule has 0 aliphatic heterocycles. The predicted molar refractivity (Wildman–Crippen MR) is 50.7 cm³/mol. The number of carbonyl (C=O) groups excluding carboxylic acids is 1. The quantitative estimate of drug-likeness (QED) is 0.688. The molecule has 0 saturated carbocycles. The lowest BCUT2D eigenvalue weighted by molar-refractivity contribution is 0.0959. The minimum atomic E-state index is -0.471. The Labute approximate surface area is 77.2 Å². The van der Waals surface area contributed by atoms with E-state index in [1.807, 2.05) is 6.92 Å². The second-order valence-corrected chi connectivity index (χ2v) is 2.93. The molecule has 0 bridgehead atoms. The third-order valence-electron chi connectivity index (χ3n) is 1.91. The molecule has 1 atom stereocenters. The van der Waals surface area contributed by atoms with Gasteiger partial charge < -0.3 is 10.8 Å². The number of benzene rings is 1. The molecule has 0 amide bonds. The molecule has 0 fully saturated rings. The summed E-state index contributed by atoms with van der Waals surface area (Å²) >= 11 is 0. The van der Waals surface area contributed by atoms with Gasteiger partial charge in [0.25, 0.3) is 0 Å². The Morgan fingerprint density at radius 2 is 2.31 bits per heavy atom. The number of hydrogen-bond donors (Lipinski definition) is 2. The van der Waals surface area contributed by atoms with Crippen LogP contribution in [-0.2, 0) is 0 Å². The summed E-state index contributed by atoms with van der Waals surface area (Å²) in [6.45, 7) is 1.85. The van der Waals surface area contributed by atoms with Crippen LogP contribution in [0.25, 0.3) is 0 Å². The third kappa shape index (κ3) is 2.29. The molecule has 0 aliphatic rings. The van der Waals surface area contributed by atoms with Crippen LogP contribution in [-0.4, -0.2) is 16.9 Å². The van der Waals surface area contributed by atoms with Crippen molar-refractivity contribution in [2.24, 2.45) is 5.73 Å². The van der Waals surface area contributed by atoms with Crippen molar-refractivity contribution in [3.8, 4) is 5.75 Å². The first-order valence-corrected chi connectivity index (χ1v) is 4.24. The van der Waals surface area contributed by atoms with Gasteiger partial charge in [0.2, 0.25) is 0 Å². The summed E-state index contributed by atoms with van der Waals surface area (Å²) < 4.78 is 0. The van der Waals surface area contributed by atoms with Gasteiger partial charge in [0.1, 0.15) is 5.75 Å². The van der Waals surface area contributed by atoms with Crippen LogP contribution < -0.4 is 5.73 Å². The van der Waals surface area contributed by atoms with Gasteiger partial charge in [0, 0.05) is 5.56 Å². The van der Waals surface area contributed by atoms with Crippen LogP contribution in [0.5, 0.6) is 5.75 Å². The van der Waals surface area contributed by atoms with Crippen molar-refractivity contribution >= 4 is 5.78 Å². The lowest BCUT2D eigenvalue weighted by Crippen LogP contribution is -2.29. The summed E-state index contributed by atoms with van der Waals surface area (Å²) in [6.07, 6.45) is 0.606. The Hall–Kier alpha value is -1.35. The number of ketones is 1. The van der Waals surface area contributed by atoms with Crippen LogP contribution in [0.1, 0.15) is 23.7 Å². The van der Waals surface area contributed by atoms with Crippen molar-refractivity contribution in [3.63, 3.8) is 0 Å². The summed E-state index contributed by atoms with van der Waals surface area (Å²) in [7, 11) is 0. The molecule has 1 rings (SSSR count). The largest absolute Gasteiger partial charge is 0.508 e. The maximum absolute atomic E-state index is 11.5. The van der Waals surface area contributed by atoms with Crippen LogP contribution in [0.3, 0.4) is 0 Å². The molecule has 3 heteroatoms. The standard InChI is InChI=1S/C10H13NO2/c1-2-9(11)10(13)7-4-3-5-8(12)6-7/h3-6,9,12H,2,11H2,1H3. The van der Waals surface area contributed by atoms with Crippen LogP contribution in [0.2, 0.25) is 0 Å². The zero-order valence-corrected chi connectivity index (χ0v) is 7.53. The average Bonchev–Trinajstić information content (AvgIpc) is 2.15. The van der Waals surface area contributed by atoms with E-state index in [0.29, 0.717) is 12.0 Å². The molecule has 3 nitrogen and oxygen atoms in total. The highest BCUT2D eigenvalue weighted by atomic mass is 16.3. The van der Waals surface area contributed by atoms with Crippen molar-refractivity contribution in [2.45, 2.75) is 19.4 Å². The van der Waals surface area contributed by atoms with Gasteiger partial charge in [-0.05, 0) is 18.6 Å². The molecule has 70 valence electrons. The monoisotopic (exact) mass is 179 g/mol. The summed E-state index contributed by atoms with van der Waals surface area (Å²) in [5.74, 6) is -0.0347. The van der Waals surface area contributed by atoms with E-state index in [1.165, 1.54) is 12.1 Å². The van der Waals surface area contributed by atoms with Crippen LogP contribution >= 0.6 is 0 Å². The van der Waals surface area contributed by atoms with E-state index in [9.17, 15) is 4.79 Å². The highest BCUT2D eigenvalue weighted by Gasteiger charge is 2.13. The number of aromatic hydroxyl groups is 1. The van der Waals surface area contributed by atoms with Crippen molar-refractivity contribution < 1.29 is 9.90 Å². The fourth-order valence-corrected chi connectivity index (χ4v) is 1.06. The van der Waals surface area contributed by atoms with Gasteiger partial charge in [-0.3, -0.25) is 4.79 Å². The Bertz CT molecular complexity index is 310. The number of rotatable bonds is 3. The smallest absolute Gasteiger partial charge is 0.179 e. The molecule has 0 aromatic heterocycles. The van der Waals surface area contributed by atoms with E-state index < -0.39 is 6.04 Å². The molecule has 0 aliphatic carbocycles. The molecule has 3 N–H and O–H groups in total. The Kier molecular flexibility index (Phi) is 3.03. The number of hydrogen-bond acceptors (Lipinski definition) is 3. The van der Waals surface area contributed by atoms with E-state index >= 15 is 0 Å². The van der Waals surface area contributed by atoms with Crippen LogP contribution in [0, 0.1) is 0 Å². The second-order valence-electron chi connectivity index (χ2n) is 2.93. The van der Waals surface area contributed by atoms with Crippen molar-refractivity contribution in [1.29, 1.82) is 0 Å². The number of phenols is 1. The second kappa shape index (κ2) is 4.05. The Morgan fingerprint density at radius 3 is 2.85 bits per heavy atom. The van der Waals surface area contributed by atoms with Crippen LogP contribution in [0.15, 0.2) is 24.3 Å². The summed E-state index contributed by atoms with van der Waals surface area (Å²) in [5.41, 5.74) is 6.03. The summed E-state index contributed by atoms with van der Waals surface area (Å²) in [6, 6.07) is 5.76.